The van der Waals surface area contributed by atoms with E-state index >= 15 is 0 Å². The molecular weight excluding hydrogens is 356 g/mol. The molecule has 2 aromatic rings. The van der Waals surface area contributed by atoms with E-state index in [0.717, 1.165) is 60.8 Å². The molecule has 0 heterocycles. The number of phenols is 2. The van der Waals surface area contributed by atoms with Crippen LogP contribution in [0.5, 0.6) is 11.5 Å². The van der Waals surface area contributed by atoms with Crippen LogP contribution < -0.4 is 0 Å². The molecule has 29 heavy (non-hydrogen) atoms. The average Bonchev–Trinajstić information content (AvgIpc) is 3.01. The van der Waals surface area contributed by atoms with Gasteiger partial charge in [0.05, 0.1) is 0 Å². The predicted molar refractivity (Wildman–Crippen MR) is 122 cm³/mol. The molecule has 0 aliphatic heterocycles. The van der Waals surface area contributed by atoms with Crippen LogP contribution in [0.25, 0.3) is 0 Å². The summed E-state index contributed by atoms with van der Waals surface area (Å²) >= 11 is 0. The summed E-state index contributed by atoms with van der Waals surface area (Å²) in [5, 5.41) is 21.4. The number of hydrogen-bond acceptors (Lipinski definition) is 2. The average molecular weight is 395 g/mol. The third kappa shape index (κ3) is 4.04. The van der Waals surface area contributed by atoms with Gasteiger partial charge in [-0.2, -0.15) is 0 Å². The summed E-state index contributed by atoms with van der Waals surface area (Å²) in [7, 11) is 0. The topological polar surface area (TPSA) is 40.5 Å². The molecular formula is C27H38O2. The summed E-state index contributed by atoms with van der Waals surface area (Å²) in [6.45, 7) is 8.51. The van der Waals surface area contributed by atoms with Gasteiger partial charge in [0, 0.05) is 5.41 Å². The van der Waals surface area contributed by atoms with E-state index in [9.17, 15) is 10.2 Å². The summed E-state index contributed by atoms with van der Waals surface area (Å²) in [5.74, 6) is 0.966. The lowest BCUT2D eigenvalue weighted by Crippen LogP contribution is -2.28. The highest BCUT2D eigenvalue weighted by molar-refractivity contribution is 5.53. The van der Waals surface area contributed by atoms with Crippen molar-refractivity contribution >= 4 is 0 Å². The smallest absolute Gasteiger partial charge is 0.121 e. The molecule has 1 aliphatic carbocycles. The molecule has 0 bridgehead atoms. The largest absolute Gasteiger partial charge is 0.507 e. The molecule has 2 aromatic carbocycles. The fraction of sp³-hybridized carbons (Fsp3) is 0.556. The first-order chi connectivity index (χ1) is 14.0. The normalized spacial score (nSPS) is 16.6. The van der Waals surface area contributed by atoms with E-state index in [-0.39, 0.29) is 5.41 Å². The van der Waals surface area contributed by atoms with Crippen molar-refractivity contribution in [3.05, 3.63) is 57.6 Å². The van der Waals surface area contributed by atoms with Crippen molar-refractivity contribution in [3.63, 3.8) is 0 Å². The quantitative estimate of drug-likeness (QED) is 0.518. The van der Waals surface area contributed by atoms with Gasteiger partial charge in [-0.25, -0.2) is 0 Å². The van der Waals surface area contributed by atoms with E-state index < -0.39 is 0 Å². The lowest BCUT2D eigenvalue weighted by Gasteiger charge is -2.36. The summed E-state index contributed by atoms with van der Waals surface area (Å²) in [6, 6.07) is 9.07. The second-order valence-electron chi connectivity index (χ2n) is 8.70. The summed E-state index contributed by atoms with van der Waals surface area (Å²) in [5.41, 5.74) is 6.95. The van der Waals surface area contributed by atoms with Gasteiger partial charge in [-0.05, 0) is 71.9 Å². The fourth-order valence-corrected chi connectivity index (χ4v) is 5.23. The van der Waals surface area contributed by atoms with Crippen LogP contribution in [-0.2, 0) is 31.1 Å². The monoisotopic (exact) mass is 394 g/mol. The molecule has 158 valence electrons. The molecule has 3 rings (SSSR count). The fourth-order valence-electron chi connectivity index (χ4n) is 5.23. The molecule has 2 nitrogen and oxygen atoms in total. The minimum absolute atomic E-state index is 0.0282. The second kappa shape index (κ2) is 9.24. The maximum atomic E-state index is 10.7. The molecule has 2 heteroatoms. The highest BCUT2D eigenvalue weighted by Gasteiger charge is 2.36. The zero-order valence-electron chi connectivity index (χ0n) is 18.8. The van der Waals surface area contributed by atoms with E-state index in [4.69, 9.17) is 0 Å². The number of hydrogen-bond donors (Lipinski definition) is 2. The van der Waals surface area contributed by atoms with Crippen molar-refractivity contribution in [2.24, 2.45) is 0 Å². The van der Waals surface area contributed by atoms with E-state index in [1.54, 1.807) is 0 Å². The van der Waals surface area contributed by atoms with Gasteiger partial charge in [0.25, 0.3) is 0 Å². The van der Waals surface area contributed by atoms with Crippen LogP contribution in [0.3, 0.4) is 0 Å². The standard InChI is InChI=1S/C27H38O2/c1-5-19-15-23(16-20(6-2)25(19)28)27(13-11-9-10-12-14-27)24-17-21(7-3)26(29)22(8-4)18-24/h15-18,28-29H,5-14H2,1-4H3. The van der Waals surface area contributed by atoms with Crippen LogP contribution in [0, 0.1) is 0 Å². The zero-order valence-corrected chi connectivity index (χ0v) is 18.8. The lowest BCUT2D eigenvalue weighted by atomic mass is 9.67. The van der Waals surface area contributed by atoms with Gasteiger partial charge >= 0.3 is 0 Å². The molecule has 1 fully saturated rings. The van der Waals surface area contributed by atoms with E-state index in [0.29, 0.717) is 11.5 Å². The number of aryl methyl sites for hydroxylation is 4. The van der Waals surface area contributed by atoms with Gasteiger partial charge in [-0.15, -0.1) is 0 Å². The Labute approximate surface area is 177 Å². The Balaban J connectivity index is 2.28. The van der Waals surface area contributed by atoms with Gasteiger partial charge in [0.15, 0.2) is 0 Å². The molecule has 0 spiro atoms. The van der Waals surface area contributed by atoms with Crippen LogP contribution in [0.1, 0.15) is 99.6 Å². The van der Waals surface area contributed by atoms with Gasteiger partial charge < -0.3 is 10.2 Å². The van der Waals surface area contributed by atoms with Crippen molar-refractivity contribution in [2.75, 3.05) is 0 Å². The Hall–Kier alpha value is -1.96. The first kappa shape index (κ1) is 21.7. The Bertz CT molecular complexity index is 728. The van der Waals surface area contributed by atoms with Gasteiger partial charge in [-0.3, -0.25) is 0 Å². The second-order valence-corrected chi connectivity index (χ2v) is 8.70. The Morgan fingerprint density at radius 1 is 0.586 bits per heavy atom. The predicted octanol–water partition coefficient (Wildman–Crippen LogP) is 6.99. The van der Waals surface area contributed by atoms with E-state index in [1.807, 2.05) is 0 Å². The summed E-state index contributed by atoms with van der Waals surface area (Å²) in [6.07, 6.45) is 10.7. The third-order valence-corrected chi connectivity index (χ3v) is 7.12. The zero-order chi connectivity index (χ0) is 21.0. The first-order valence-electron chi connectivity index (χ1n) is 11.7. The Morgan fingerprint density at radius 2 is 0.897 bits per heavy atom. The highest BCUT2D eigenvalue weighted by atomic mass is 16.3. The Morgan fingerprint density at radius 3 is 1.17 bits per heavy atom. The minimum atomic E-state index is -0.0282. The lowest BCUT2D eigenvalue weighted by molar-refractivity contribution is 0.433. The maximum absolute atomic E-state index is 10.7. The molecule has 0 unspecified atom stereocenters. The maximum Gasteiger partial charge on any atom is 0.121 e. The molecule has 2 N–H and O–H groups in total. The number of rotatable bonds is 6. The van der Waals surface area contributed by atoms with Crippen LogP contribution in [0.4, 0.5) is 0 Å². The first-order valence-corrected chi connectivity index (χ1v) is 11.7. The highest BCUT2D eigenvalue weighted by Crippen LogP contribution is 2.47. The van der Waals surface area contributed by atoms with Gasteiger partial charge in [0.2, 0.25) is 0 Å². The SMILES string of the molecule is CCc1cc(C2(c3cc(CC)c(O)c(CC)c3)CCCCCC2)cc(CC)c1O. The number of benzene rings is 2. The van der Waals surface area contributed by atoms with Crippen LogP contribution in [0.15, 0.2) is 24.3 Å². The van der Waals surface area contributed by atoms with Gasteiger partial charge in [-0.1, -0.05) is 77.6 Å². The van der Waals surface area contributed by atoms with Crippen molar-refractivity contribution < 1.29 is 10.2 Å². The van der Waals surface area contributed by atoms with Crippen molar-refractivity contribution in [1.29, 1.82) is 0 Å². The molecule has 0 aromatic heterocycles. The number of aromatic hydroxyl groups is 2. The Kier molecular flexibility index (Phi) is 6.93. The third-order valence-electron chi connectivity index (χ3n) is 7.12. The molecule has 0 amide bonds. The van der Waals surface area contributed by atoms with Gasteiger partial charge in [0.1, 0.15) is 11.5 Å². The summed E-state index contributed by atoms with van der Waals surface area (Å²) < 4.78 is 0. The van der Waals surface area contributed by atoms with Crippen LogP contribution >= 0.6 is 0 Å². The molecule has 1 aliphatic rings. The number of phenolic OH excluding ortho intramolecular Hbond substituents is 2. The van der Waals surface area contributed by atoms with Crippen molar-refractivity contribution in [3.8, 4) is 11.5 Å². The summed E-state index contributed by atoms with van der Waals surface area (Å²) in [4.78, 5) is 0. The van der Waals surface area contributed by atoms with Crippen molar-refractivity contribution in [1.82, 2.24) is 0 Å². The van der Waals surface area contributed by atoms with Crippen molar-refractivity contribution in [2.45, 2.75) is 97.3 Å². The van der Waals surface area contributed by atoms with Crippen LogP contribution in [0.2, 0.25) is 0 Å². The molecule has 0 atom stereocenters. The van der Waals surface area contributed by atoms with E-state index in [2.05, 4.69) is 52.0 Å². The van der Waals surface area contributed by atoms with Crippen LogP contribution in [-0.4, -0.2) is 10.2 Å². The molecule has 0 saturated heterocycles. The van der Waals surface area contributed by atoms with E-state index in [1.165, 1.54) is 36.8 Å². The molecule has 0 radical (unpaired) electrons. The minimum Gasteiger partial charge on any atom is -0.507 e. The molecule has 1 saturated carbocycles.